The Labute approximate surface area is 125 Å². The first-order valence-electron chi connectivity index (χ1n) is 6.18. The summed E-state index contributed by atoms with van der Waals surface area (Å²) in [6, 6.07) is 3.18. The summed E-state index contributed by atoms with van der Waals surface area (Å²) in [5.41, 5.74) is 8.21. The number of nitrogen functional groups attached to an aromatic ring is 1. The van der Waals surface area contributed by atoms with E-state index < -0.39 is 5.97 Å². The average molecular weight is 305 g/mol. The summed E-state index contributed by atoms with van der Waals surface area (Å²) in [7, 11) is 0. The number of benzene rings is 1. The highest BCUT2D eigenvalue weighted by Gasteiger charge is 2.16. The smallest absolute Gasteiger partial charge is 0.336 e. The Morgan fingerprint density at radius 1 is 1.29 bits per heavy atom. The van der Waals surface area contributed by atoms with Crippen LogP contribution in [0.1, 0.15) is 36.9 Å². The summed E-state index contributed by atoms with van der Waals surface area (Å²) in [5, 5.41) is 12.2. The van der Waals surface area contributed by atoms with Gasteiger partial charge in [0.25, 0.3) is 5.91 Å². The van der Waals surface area contributed by atoms with Crippen LogP contribution >= 0.6 is 11.3 Å². The van der Waals surface area contributed by atoms with E-state index in [4.69, 9.17) is 5.73 Å². The molecule has 0 saturated heterocycles. The molecule has 0 fully saturated rings. The number of hydrogen-bond acceptors (Lipinski definition) is 5. The monoisotopic (exact) mass is 305 g/mol. The fraction of sp³-hybridized carbons (Fsp3) is 0.214. The molecule has 0 spiro atoms. The lowest BCUT2D eigenvalue weighted by Crippen LogP contribution is -2.13. The van der Waals surface area contributed by atoms with Crippen LogP contribution in [0.25, 0.3) is 0 Å². The topological polar surface area (TPSA) is 105 Å². The molecule has 0 aliphatic heterocycles. The molecule has 2 rings (SSSR count). The number of nitrogens with one attached hydrogen (secondary N) is 1. The van der Waals surface area contributed by atoms with E-state index in [1.54, 1.807) is 26.8 Å². The van der Waals surface area contributed by atoms with Crippen LogP contribution in [0.15, 0.2) is 12.1 Å². The van der Waals surface area contributed by atoms with Crippen LogP contribution in [0.5, 0.6) is 0 Å². The number of aromatic nitrogens is 1. The van der Waals surface area contributed by atoms with Gasteiger partial charge < -0.3 is 16.2 Å². The largest absolute Gasteiger partial charge is 0.478 e. The molecule has 1 heterocycles. The van der Waals surface area contributed by atoms with E-state index >= 15 is 0 Å². The van der Waals surface area contributed by atoms with Crippen LogP contribution in [0, 0.1) is 20.8 Å². The molecule has 0 atom stereocenters. The molecule has 21 heavy (non-hydrogen) atoms. The minimum atomic E-state index is -1.02. The number of anilines is 2. The van der Waals surface area contributed by atoms with Crippen molar-refractivity contribution >= 4 is 34.0 Å². The van der Waals surface area contributed by atoms with Gasteiger partial charge in [0.05, 0.1) is 11.3 Å². The van der Waals surface area contributed by atoms with Crippen molar-refractivity contribution in [3.63, 3.8) is 0 Å². The van der Waals surface area contributed by atoms with Crippen LogP contribution in [0.3, 0.4) is 0 Å². The number of aryl methyl sites for hydroxylation is 2. The van der Waals surface area contributed by atoms with Crippen LogP contribution in [0.4, 0.5) is 10.8 Å². The van der Waals surface area contributed by atoms with Crippen molar-refractivity contribution in [1.29, 1.82) is 0 Å². The second-order valence-corrected chi connectivity index (χ2v) is 5.72. The average Bonchev–Trinajstić information content (AvgIpc) is 2.72. The maximum Gasteiger partial charge on any atom is 0.336 e. The summed E-state index contributed by atoms with van der Waals surface area (Å²) in [6.07, 6.45) is 0. The second kappa shape index (κ2) is 5.53. The summed E-state index contributed by atoms with van der Waals surface area (Å²) >= 11 is 1.10. The molecule has 110 valence electrons. The number of carboxylic acid groups (broad SMARTS) is 1. The number of aromatic carboxylic acids is 1. The Hall–Kier alpha value is -2.41. The van der Waals surface area contributed by atoms with Crippen molar-refractivity contribution in [1.82, 2.24) is 4.98 Å². The van der Waals surface area contributed by atoms with Gasteiger partial charge >= 0.3 is 5.97 Å². The zero-order valence-electron chi connectivity index (χ0n) is 11.9. The van der Waals surface area contributed by atoms with Crippen LogP contribution in [-0.2, 0) is 0 Å². The third kappa shape index (κ3) is 3.03. The Kier molecular flexibility index (Phi) is 3.95. The lowest BCUT2D eigenvalue weighted by Gasteiger charge is -2.10. The molecule has 7 heteroatoms. The van der Waals surface area contributed by atoms with Crippen molar-refractivity contribution < 1.29 is 14.7 Å². The Bertz CT molecular complexity index is 737. The number of nitrogens with two attached hydrogens (primary N) is 1. The number of thiazole rings is 1. The van der Waals surface area contributed by atoms with Crippen molar-refractivity contribution in [2.45, 2.75) is 20.8 Å². The third-order valence-electron chi connectivity index (χ3n) is 3.18. The van der Waals surface area contributed by atoms with Gasteiger partial charge in [-0.15, -0.1) is 0 Å². The van der Waals surface area contributed by atoms with Gasteiger partial charge in [-0.1, -0.05) is 11.3 Å². The Balaban J connectivity index is 2.34. The highest BCUT2D eigenvalue weighted by atomic mass is 32.1. The molecule has 0 unspecified atom stereocenters. The van der Waals surface area contributed by atoms with Crippen LogP contribution in [0.2, 0.25) is 0 Å². The normalized spacial score (nSPS) is 10.4. The maximum atomic E-state index is 12.2. The molecule has 0 saturated carbocycles. The van der Waals surface area contributed by atoms with Gasteiger partial charge in [0.2, 0.25) is 0 Å². The van der Waals surface area contributed by atoms with Crippen LogP contribution in [-0.4, -0.2) is 22.0 Å². The number of carbonyl (C=O) groups excluding carboxylic acids is 1. The number of amides is 1. The Morgan fingerprint density at radius 2 is 1.95 bits per heavy atom. The number of rotatable bonds is 3. The first-order valence-corrected chi connectivity index (χ1v) is 7.00. The molecular weight excluding hydrogens is 290 g/mol. The van der Waals surface area contributed by atoms with E-state index in [1.807, 2.05) is 0 Å². The molecule has 0 aliphatic carbocycles. The molecule has 1 amide bonds. The minimum absolute atomic E-state index is 0.172. The zero-order valence-corrected chi connectivity index (χ0v) is 12.7. The minimum Gasteiger partial charge on any atom is -0.478 e. The van der Waals surface area contributed by atoms with Gasteiger partial charge in [0, 0.05) is 5.69 Å². The van der Waals surface area contributed by atoms with E-state index in [0.29, 0.717) is 27.0 Å². The zero-order chi connectivity index (χ0) is 15.7. The summed E-state index contributed by atoms with van der Waals surface area (Å²) in [6.45, 7) is 5.23. The van der Waals surface area contributed by atoms with E-state index in [9.17, 15) is 14.7 Å². The lowest BCUT2D eigenvalue weighted by atomic mass is 10.0. The molecule has 0 radical (unpaired) electrons. The standard InChI is InChI=1S/C14H15N3O3S/c1-6-4-9(5-10(7(6)2)13(19)20)17-12(18)11-8(3)16-14(15)21-11/h4-5H,1-3H3,(H2,15,16)(H,17,18)(H,19,20). The number of carbonyl (C=O) groups is 2. The summed E-state index contributed by atoms with van der Waals surface area (Å²) < 4.78 is 0. The number of carboxylic acids is 1. The molecule has 1 aromatic heterocycles. The molecule has 2 aromatic rings. The van der Waals surface area contributed by atoms with Gasteiger partial charge in [-0.25, -0.2) is 9.78 Å². The fourth-order valence-electron chi connectivity index (χ4n) is 1.97. The van der Waals surface area contributed by atoms with Crippen LogP contribution < -0.4 is 11.1 Å². The van der Waals surface area contributed by atoms with Crippen molar-refractivity contribution in [3.05, 3.63) is 39.4 Å². The van der Waals surface area contributed by atoms with Gasteiger partial charge in [0.15, 0.2) is 5.13 Å². The first-order chi connectivity index (χ1) is 9.79. The van der Waals surface area contributed by atoms with E-state index in [0.717, 1.165) is 16.9 Å². The molecule has 0 aliphatic rings. The number of hydrogen-bond donors (Lipinski definition) is 3. The first kappa shape index (κ1) is 15.0. The second-order valence-electron chi connectivity index (χ2n) is 4.69. The highest BCUT2D eigenvalue weighted by Crippen LogP contribution is 2.23. The molecule has 1 aromatic carbocycles. The molecular formula is C14H15N3O3S. The van der Waals surface area contributed by atoms with E-state index in [1.165, 1.54) is 6.07 Å². The fourth-order valence-corrected chi connectivity index (χ4v) is 2.70. The predicted molar refractivity (Wildman–Crippen MR) is 82.1 cm³/mol. The SMILES string of the molecule is Cc1cc(NC(=O)c2sc(N)nc2C)cc(C(=O)O)c1C. The van der Waals surface area contributed by atoms with Gasteiger partial charge in [0.1, 0.15) is 4.88 Å². The van der Waals surface area contributed by atoms with Crippen molar-refractivity contribution in [2.24, 2.45) is 0 Å². The quantitative estimate of drug-likeness (QED) is 0.808. The highest BCUT2D eigenvalue weighted by molar-refractivity contribution is 7.17. The maximum absolute atomic E-state index is 12.2. The van der Waals surface area contributed by atoms with Gasteiger partial charge in [-0.3, -0.25) is 4.79 Å². The molecule has 4 N–H and O–H groups in total. The summed E-state index contributed by atoms with van der Waals surface area (Å²) in [4.78, 5) is 27.8. The predicted octanol–water partition coefficient (Wildman–Crippen LogP) is 2.60. The van der Waals surface area contributed by atoms with Gasteiger partial charge in [-0.2, -0.15) is 0 Å². The Morgan fingerprint density at radius 3 is 2.48 bits per heavy atom. The van der Waals surface area contributed by atoms with Crippen molar-refractivity contribution in [2.75, 3.05) is 11.1 Å². The van der Waals surface area contributed by atoms with Crippen molar-refractivity contribution in [3.8, 4) is 0 Å². The molecule has 0 bridgehead atoms. The van der Waals surface area contributed by atoms with E-state index in [2.05, 4.69) is 10.3 Å². The summed E-state index contributed by atoms with van der Waals surface area (Å²) in [5.74, 6) is -1.37. The van der Waals surface area contributed by atoms with E-state index in [-0.39, 0.29) is 11.5 Å². The number of nitrogens with zero attached hydrogens (tertiary/aromatic N) is 1. The lowest BCUT2D eigenvalue weighted by molar-refractivity contribution is 0.0695. The third-order valence-corrected chi connectivity index (χ3v) is 4.16. The molecule has 6 nitrogen and oxygen atoms in total. The van der Waals surface area contributed by atoms with Gasteiger partial charge in [-0.05, 0) is 44.0 Å².